The molecule has 7 heteroatoms. The number of nitrogens with zero attached hydrogens (tertiary/aromatic N) is 2. The lowest BCUT2D eigenvalue weighted by atomic mass is 10.3. The first-order chi connectivity index (χ1) is 10.2. The second-order valence-corrected chi connectivity index (χ2v) is 4.16. The SMILES string of the molecule is O=C(CCl)NC(=O)N(N=Cc1ccco1)c1ccccc1. The summed E-state index contributed by atoms with van der Waals surface area (Å²) in [5, 5.41) is 7.21. The molecule has 0 bridgehead atoms. The van der Waals surface area contributed by atoms with Gasteiger partial charge in [-0.15, -0.1) is 11.6 Å². The fraction of sp³-hybridized carbons (Fsp3) is 0.0714. The van der Waals surface area contributed by atoms with E-state index in [-0.39, 0.29) is 5.88 Å². The molecule has 0 aliphatic heterocycles. The zero-order chi connectivity index (χ0) is 15.1. The van der Waals surface area contributed by atoms with Gasteiger partial charge in [-0.25, -0.2) is 4.79 Å². The van der Waals surface area contributed by atoms with Crippen molar-refractivity contribution in [2.45, 2.75) is 0 Å². The van der Waals surface area contributed by atoms with E-state index in [0.29, 0.717) is 11.4 Å². The Hall–Kier alpha value is -2.60. The smallest absolute Gasteiger partial charge is 0.349 e. The average molecular weight is 306 g/mol. The Morgan fingerprint density at radius 2 is 2.00 bits per heavy atom. The van der Waals surface area contributed by atoms with Gasteiger partial charge in [-0.2, -0.15) is 10.1 Å². The van der Waals surface area contributed by atoms with Gasteiger partial charge >= 0.3 is 6.03 Å². The molecule has 21 heavy (non-hydrogen) atoms. The Morgan fingerprint density at radius 3 is 2.62 bits per heavy atom. The average Bonchev–Trinajstić information content (AvgIpc) is 3.01. The predicted molar refractivity (Wildman–Crippen MR) is 79.5 cm³/mol. The minimum absolute atomic E-state index is 0.309. The van der Waals surface area contributed by atoms with Gasteiger partial charge in [0, 0.05) is 0 Å². The summed E-state index contributed by atoms with van der Waals surface area (Å²) in [6.45, 7) is 0. The molecule has 0 unspecified atom stereocenters. The fourth-order valence-electron chi connectivity index (χ4n) is 1.49. The van der Waals surface area contributed by atoms with Crippen LogP contribution in [-0.2, 0) is 4.79 Å². The summed E-state index contributed by atoms with van der Waals surface area (Å²) in [5.41, 5.74) is 0.500. The Labute approximate surface area is 126 Å². The Bertz CT molecular complexity index is 626. The number of furan rings is 1. The lowest BCUT2D eigenvalue weighted by molar-refractivity contribution is -0.117. The van der Waals surface area contributed by atoms with Crippen molar-refractivity contribution in [2.24, 2.45) is 5.10 Å². The number of urea groups is 1. The lowest BCUT2D eigenvalue weighted by Gasteiger charge is -2.16. The molecule has 1 aromatic carbocycles. The van der Waals surface area contributed by atoms with Crippen molar-refractivity contribution in [1.82, 2.24) is 5.32 Å². The third-order valence-corrected chi connectivity index (χ3v) is 2.65. The molecule has 0 radical (unpaired) electrons. The van der Waals surface area contributed by atoms with E-state index in [1.165, 1.54) is 12.5 Å². The predicted octanol–water partition coefficient (Wildman–Crippen LogP) is 2.60. The summed E-state index contributed by atoms with van der Waals surface area (Å²) in [5.74, 6) is -0.431. The minimum atomic E-state index is -0.699. The Kier molecular flexibility index (Phi) is 5.11. The second kappa shape index (κ2) is 7.25. The van der Waals surface area contributed by atoms with E-state index in [2.05, 4.69) is 10.4 Å². The number of halogens is 1. The maximum atomic E-state index is 12.1. The molecule has 1 heterocycles. The summed E-state index contributed by atoms with van der Waals surface area (Å²) >= 11 is 5.37. The molecule has 1 N–H and O–H groups in total. The molecular formula is C14H12ClN3O3. The monoisotopic (exact) mass is 305 g/mol. The van der Waals surface area contributed by atoms with Gasteiger partial charge in [0.25, 0.3) is 0 Å². The number of hydrogen-bond acceptors (Lipinski definition) is 4. The molecule has 0 saturated heterocycles. The van der Waals surface area contributed by atoms with E-state index in [1.807, 2.05) is 0 Å². The van der Waals surface area contributed by atoms with Crippen LogP contribution in [0, 0.1) is 0 Å². The molecule has 0 aliphatic rings. The number of anilines is 1. The van der Waals surface area contributed by atoms with Gasteiger partial charge in [-0.05, 0) is 24.3 Å². The fourth-order valence-corrected chi connectivity index (χ4v) is 1.56. The van der Waals surface area contributed by atoms with Crippen LogP contribution in [-0.4, -0.2) is 24.0 Å². The van der Waals surface area contributed by atoms with Crippen LogP contribution in [0.25, 0.3) is 0 Å². The summed E-state index contributed by atoms with van der Waals surface area (Å²) in [6.07, 6.45) is 2.86. The minimum Gasteiger partial charge on any atom is -0.463 e. The summed E-state index contributed by atoms with van der Waals surface area (Å²) < 4.78 is 5.11. The van der Waals surface area contributed by atoms with Crippen LogP contribution in [0.1, 0.15) is 5.76 Å². The maximum Gasteiger partial charge on any atom is 0.349 e. The molecule has 0 fully saturated rings. The Balaban J connectivity index is 2.22. The molecule has 2 aromatic rings. The number of alkyl halides is 1. The van der Waals surface area contributed by atoms with E-state index in [4.69, 9.17) is 16.0 Å². The number of imide groups is 1. The zero-order valence-corrected chi connectivity index (χ0v) is 11.7. The van der Waals surface area contributed by atoms with Crippen molar-refractivity contribution < 1.29 is 14.0 Å². The van der Waals surface area contributed by atoms with Crippen LogP contribution in [0.15, 0.2) is 58.2 Å². The highest BCUT2D eigenvalue weighted by atomic mass is 35.5. The number of nitrogens with one attached hydrogen (secondary N) is 1. The number of carbonyl (C=O) groups is 2. The number of para-hydroxylation sites is 1. The largest absolute Gasteiger partial charge is 0.463 e. The van der Waals surface area contributed by atoms with Crippen LogP contribution in [0.3, 0.4) is 0 Å². The number of rotatable bonds is 4. The van der Waals surface area contributed by atoms with Crippen molar-refractivity contribution in [3.63, 3.8) is 0 Å². The van der Waals surface area contributed by atoms with Crippen LogP contribution in [0.2, 0.25) is 0 Å². The zero-order valence-electron chi connectivity index (χ0n) is 10.9. The third kappa shape index (κ3) is 4.19. The van der Waals surface area contributed by atoms with Crippen LogP contribution in [0.5, 0.6) is 0 Å². The van der Waals surface area contributed by atoms with E-state index < -0.39 is 11.9 Å². The summed E-state index contributed by atoms with van der Waals surface area (Å²) in [4.78, 5) is 23.3. The topological polar surface area (TPSA) is 74.9 Å². The van der Waals surface area contributed by atoms with Crippen molar-refractivity contribution in [3.8, 4) is 0 Å². The first kappa shape index (κ1) is 14.8. The number of carbonyl (C=O) groups excluding carboxylic acids is 2. The maximum absolute atomic E-state index is 12.1. The molecule has 1 aromatic heterocycles. The molecule has 0 aliphatic carbocycles. The molecule has 0 spiro atoms. The van der Waals surface area contributed by atoms with Gasteiger partial charge in [-0.1, -0.05) is 18.2 Å². The van der Waals surface area contributed by atoms with Crippen LogP contribution in [0.4, 0.5) is 10.5 Å². The molecule has 6 nitrogen and oxygen atoms in total. The van der Waals surface area contributed by atoms with Gasteiger partial charge in [0.15, 0.2) is 0 Å². The standard InChI is InChI=1S/C14H12ClN3O3/c15-9-13(19)17-14(20)18(11-5-2-1-3-6-11)16-10-12-7-4-8-21-12/h1-8,10H,9H2,(H,17,19,20). The number of amides is 3. The highest BCUT2D eigenvalue weighted by Gasteiger charge is 2.16. The van der Waals surface area contributed by atoms with Crippen molar-refractivity contribution >= 4 is 35.4 Å². The van der Waals surface area contributed by atoms with Gasteiger partial charge in [-0.3, -0.25) is 10.1 Å². The highest BCUT2D eigenvalue weighted by molar-refractivity contribution is 6.28. The molecule has 3 amide bonds. The van der Waals surface area contributed by atoms with E-state index in [1.54, 1.807) is 42.5 Å². The highest BCUT2D eigenvalue weighted by Crippen LogP contribution is 2.14. The number of hydrogen-bond donors (Lipinski definition) is 1. The lowest BCUT2D eigenvalue weighted by Crippen LogP contribution is -2.41. The molecular weight excluding hydrogens is 294 g/mol. The summed E-state index contributed by atoms with van der Waals surface area (Å²) in [6, 6.07) is 11.4. The van der Waals surface area contributed by atoms with E-state index >= 15 is 0 Å². The van der Waals surface area contributed by atoms with Gasteiger partial charge in [0.05, 0.1) is 18.2 Å². The molecule has 0 saturated carbocycles. The van der Waals surface area contributed by atoms with Gasteiger partial charge in [0.1, 0.15) is 11.6 Å². The van der Waals surface area contributed by atoms with Crippen molar-refractivity contribution in [1.29, 1.82) is 0 Å². The van der Waals surface area contributed by atoms with Crippen LogP contribution < -0.4 is 10.3 Å². The third-order valence-electron chi connectivity index (χ3n) is 2.40. The van der Waals surface area contributed by atoms with Gasteiger partial charge < -0.3 is 4.42 Å². The molecule has 0 atom stereocenters. The normalized spacial score (nSPS) is 10.5. The Morgan fingerprint density at radius 1 is 1.24 bits per heavy atom. The molecule has 108 valence electrons. The van der Waals surface area contributed by atoms with Crippen molar-refractivity contribution in [2.75, 3.05) is 10.9 Å². The summed E-state index contributed by atoms with van der Waals surface area (Å²) in [7, 11) is 0. The number of benzene rings is 1. The number of hydrazone groups is 1. The second-order valence-electron chi connectivity index (χ2n) is 3.89. The first-order valence-electron chi connectivity index (χ1n) is 6.03. The van der Waals surface area contributed by atoms with Gasteiger partial charge in [0.2, 0.25) is 5.91 Å². The van der Waals surface area contributed by atoms with E-state index in [9.17, 15) is 9.59 Å². The van der Waals surface area contributed by atoms with E-state index in [0.717, 1.165) is 5.01 Å². The molecule has 2 rings (SSSR count). The van der Waals surface area contributed by atoms with Crippen LogP contribution >= 0.6 is 11.6 Å². The van der Waals surface area contributed by atoms with Crippen molar-refractivity contribution in [3.05, 3.63) is 54.5 Å². The quantitative estimate of drug-likeness (QED) is 0.536. The first-order valence-corrected chi connectivity index (χ1v) is 6.56.